The van der Waals surface area contributed by atoms with Crippen LogP contribution in [-0.2, 0) is 22.7 Å². The standard InChI is InChI=1S/C20H27N7O2/c1-16-11-22-12-17(24-16)13-27-7-2-4-20(14-27)10-18(25-29-20)19(28)23-5-3-8-26-9-6-21-15-26/h6,9,11-12,15H,2-5,7-8,10,13-14H2,1H3,(H,23,28)/t20-/m0/s1. The zero-order chi connectivity index (χ0) is 20.1. The van der Waals surface area contributed by atoms with Crippen LogP contribution in [0.3, 0.4) is 0 Å². The number of aryl methyl sites for hydroxylation is 2. The minimum atomic E-state index is -0.404. The third kappa shape index (κ3) is 4.97. The van der Waals surface area contributed by atoms with Crippen LogP contribution in [0.2, 0.25) is 0 Å². The van der Waals surface area contributed by atoms with Crippen molar-refractivity contribution in [1.82, 2.24) is 29.7 Å². The van der Waals surface area contributed by atoms with Crippen molar-refractivity contribution in [2.45, 2.75) is 51.3 Å². The first-order valence-corrected chi connectivity index (χ1v) is 10.1. The number of piperidine rings is 1. The predicted molar refractivity (Wildman–Crippen MR) is 107 cm³/mol. The highest BCUT2D eigenvalue weighted by molar-refractivity contribution is 6.39. The number of hydrogen-bond donors (Lipinski definition) is 1. The second-order valence-electron chi connectivity index (χ2n) is 7.87. The van der Waals surface area contributed by atoms with Gasteiger partial charge in [0.05, 0.1) is 17.7 Å². The van der Waals surface area contributed by atoms with Crippen molar-refractivity contribution in [3.05, 3.63) is 42.5 Å². The lowest BCUT2D eigenvalue weighted by molar-refractivity contribution is -0.114. The lowest BCUT2D eigenvalue weighted by atomic mass is 9.88. The molecule has 2 aliphatic rings. The molecule has 2 aromatic heterocycles. The van der Waals surface area contributed by atoms with Crippen LogP contribution in [0, 0.1) is 6.92 Å². The summed E-state index contributed by atoms with van der Waals surface area (Å²) in [5.74, 6) is -0.130. The van der Waals surface area contributed by atoms with Gasteiger partial charge in [0.15, 0.2) is 5.60 Å². The highest BCUT2D eigenvalue weighted by atomic mass is 16.7. The molecular weight excluding hydrogens is 370 g/mol. The van der Waals surface area contributed by atoms with Gasteiger partial charge in [-0.05, 0) is 32.7 Å². The molecule has 0 unspecified atom stereocenters. The van der Waals surface area contributed by atoms with E-state index in [1.165, 1.54) is 0 Å². The molecule has 4 heterocycles. The minimum absolute atomic E-state index is 0.130. The number of aromatic nitrogens is 4. The maximum atomic E-state index is 12.5. The van der Waals surface area contributed by atoms with Crippen molar-refractivity contribution in [1.29, 1.82) is 0 Å². The topological polar surface area (TPSA) is 97.5 Å². The van der Waals surface area contributed by atoms with Crippen molar-refractivity contribution in [3.8, 4) is 0 Å². The summed E-state index contributed by atoms with van der Waals surface area (Å²) in [4.78, 5) is 33.4. The van der Waals surface area contributed by atoms with Gasteiger partial charge in [-0.15, -0.1) is 0 Å². The fourth-order valence-electron chi connectivity index (χ4n) is 3.99. The van der Waals surface area contributed by atoms with Crippen molar-refractivity contribution < 1.29 is 9.63 Å². The van der Waals surface area contributed by atoms with Crippen LogP contribution in [0.4, 0.5) is 0 Å². The number of rotatable bonds is 7. The van der Waals surface area contributed by atoms with E-state index < -0.39 is 5.60 Å². The summed E-state index contributed by atoms with van der Waals surface area (Å²) in [7, 11) is 0. The SMILES string of the molecule is Cc1cncc(CN2CCC[C@]3(CC(C(=O)NCCCn4ccnc4)=NO3)C2)n1. The van der Waals surface area contributed by atoms with E-state index >= 15 is 0 Å². The summed E-state index contributed by atoms with van der Waals surface area (Å²) in [6.45, 7) is 5.82. The van der Waals surface area contributed by atoms with Crippen molar-refractivity contribution in [2.75, 3.05) is 19.6 Å². The first-order chi connectivity index (χ1) is 14.1. The number of nitrogens with one attached hydrogen (secondary N) is 1. The Hall–Kier alpha value is -2.81. The van der Waals surface area contributed by atoms with E-state index in [2.05, 4.69) is 30.3 Å². The molecule has 1 atom stereocenters. The Labute approximate surface area is 170 Å². The molecule has 154 valence electrons. The maximum absolute atomic E-state index is 12.5. The summed E-state index contributed by atoms with van der Waals surface area (Å²) in [6, 6.07) is 0. The molecule has 1 saturated heterocycles. The second kappa shape index (κ2) is 8.69. The Bertz CT molecular complexity index is 867. The second-order valence-corrected chi connectivity index (χ2v) is 7.87. The van der Waals surface area contributed by atoms with E-state index in [0.717, 1.165) is 56.8 Å². The van der Waals surface area contributed by atoms with E-state index in [0.29, 0.717) is 18.7 Å². The Morgan fingerprint density at radius 2 is 2.28 bits per heavy atom. The molecule has 0 aromatic carbocycles. The fraction of sp³-hybridized carbons (Fsp3) is 0.550. The largest absolute Gasteiger partial charge is 0.387 e. The van der Waals surface area contributed by atoms with Gasteiger partial charge in [0, 0.05) is 57.4 Å². The van der Waals surface area contributed by atoms with E-state index in [9.17, 15) is 4.79 Å². The van der Waals surface area contributed by atoms with Crippen LogP contribution in [0.25, 0.3) is 0 Å². The maximum Gasteiger partial charge on any atom is 0.269 e. The zero-order valence-electron chi connectivity index (χ0n) is 16.8. The third-order valence-corrected chi connectivity index (χ3v) is 5.35. The summed E-state index contributed by atoms with van der Waals surface area (Å²) in [6.07, 6.45) is 12.3. The van der Waals surface area contributed by atoms with Crippen LogP contribution in [-0.4, -0.2) is 61.3 Å². The molecule has 0 aliphatic carbocycles. The average Bonchev–Trinajstić information content (AvgIpc) is 3.36. The average molecular weight is 397 g/mol. The van der Waals surface area contributed by atoms with E-state index in [1.54, 1.807) is 18.7 Å². The number of likely N-dealkylation sites (tertiary alicyclic amines) is 1. The molecule has 0 saturated carbocycles. The Kier molecular flexibility index (Phi) is 5.84. The van der Waals surface area contributed by atoms with Gasteiger partial charge in [-0.25, -0.2) is 4.98 Å². The minimum Gasteiger partial charge on any atom is -0.387 e. The van der Waals surface area contributed by atoms with Gasteiger partial charge in [-0.1, -0.05) is 5.16 Å². The van der Waals surface area contributed by atoms with E-state index in [1.807, 2.05) is 23.9 Å². The van der Waals surface area contributed by atoms with Gasteiger partial charge in [-0.3, -0.25) is 19.7 Å². The Balaban J connectivity index is 1.25. The summed E-state index contributed by atoms with van der Waals surface area (Å²) >= 11 is 0. The molecule has 29 heavy (non-hydrogen) atoms. The first kappa shape index (κ1) is 19.5. The Morgan fingerprint density at radius 3 is 3.10 bits per heavy atom. The van der Waals surface area contributed by atoms with Crippen molar-refractivity contribution in [2.24, 2.45) is 5.16 Å². The number of imidazole rings is 1. The zero-order valence-corrected chi connectivity index (χ0v) is 16.8. The van der Waals surface area contributed by atoms with Crippen LogP contribution in [0.5, 0.6) is 0 Å². The van der Waals surface area contributed by atoms with Gasteiger partial charge in [-0.2, -0.15) is 0 Å². The van der Waals surface area contributed by atoms with Gasteiger partial charge >= 0.3 is 0 Å². The van der Waals surface area contributed by atoms with Crippen LogP contribution in [0.15, 0.2) is 36.3 Å². The van der Waals surface area contributed by atoms with E-state index in [4.69, 9.17) is 4.84 Å². The third-order valence-electron chi connectivity index (χ3n) is 5.35. The number of carbonyl (C=O) groups is 1. The summed E-state index contributed by atoms with van der Waals surface area (Å²) < 4.78 is 1.99. The molecule has 2 aromatic rings. The molecule has 1 N–H and O–H groups in total. The number of oxime groups is 1. The van der Waals surface area contributed by atoms with Crippen LogP contribution < -0.4 is 5.32 Å². The highest BCUT2D eigenvalue weighted by Crippen LogP contribution is 2.33. The van der Waals surface area contributed by atoms with Crippen molar-refractivity contribution in [3.63, 3.8) is 0 Å². The first-order valence-electron chi connectivity index (χ1n) is 10.1. The van der Waals surface area contributed by atoms with Gasteiger partial charge in [0.25, 0.3) is 5.91 Å². The molecule has 9 heteroatoms. The van der Waals surface area contributed by atoms with Crippen LogP contribution >= 0.6 is 0 Å². The molecule has 9 nitrogen and oxygen atoms in total. The summed E-state index contributed by atoms with van der Waals surface area (Å²) in [5.41, 5.74) is 1.96. The summed E-state index contributed by atoms with van der Waals surface area (Å²) in [5, 5.41) is 7.08. The number of carbonyl (C=O) groups excluding carboxylic acids is 1. The Morgan fingerprint density at radius 1 is 1.34 bits per heavy atom. The van der Waals surface area contributed by atoms with Crippen molar-refractivity contribution >= 4 is 11.6 Å². The van der Waals surface area contributed by atoms with E-state index in [-0.39, 0.29) is 5.91 Å². The molecule has 1 amide bonds. The molecule has 4 rings (SSSR count). The van der Waals surface area contributed by atoms with Gasteiger partial charge in [0.1, 0.15) is 5.71 Å². The number of amides is 1. The normalized spacial score (nSPS) is 21.8. The predicted octanol–water partition coefficient (Wildman–Crippen LogP) is 1.30. The quantitative estimate of drug-likeness (QED) is 0.708. The smallest absolute Gasteiger partial charge is 0.269 e. The fourth-order valence-corrected chi connectivity index (χ4v) is 3.99. The van der Waals surface area contributed by atoms with Gasteiger partial charge < -0.3 is 14.7 Å². The molecule has 0 radical (unpaired) electrons. The van der Waals surface area contributed by atoms with Crippen LogP contribution in [0.1, 0.15) is 37.1 Å². The monoisotopic (exact) mass is 397 g/mol. The number of hydrogen-bond acceptors (Lipinski definition) is 7. The highest BCUT2D eigenvalue weighted by Gasteiger charge is 2.44. The van der Waals surface area contributed by atoms with Gasteiger partial charge in [0.2, 0.25) is 0 Å². The number of nitrogens with zero attached hydrogens (tertiary/aromatic N) is 6. The molecule has 0 bridgehead atoms. The lowest BCUT2D eigenvalue weighted by Crippen LogP contribution is -2.48. The lowest BCUT2D eigenvalue weighted by Gasteiger charge is -2.38. The molecule has 2 aliphatic heterocycles. The molecular formula is C20H27N7O2. The molecule has 1 spiro atoms. The molecule has 1 fully saturated rings.